The average molecular weight is 159 g/mol. The summed E-state index contributed by atoms with van der Waals surface area (Å²) in [4.78, 5) is 0. The molecule has 0 aromatic rings. The van der Waals surface area contributed by atoms with Gasteiger partial charge in [-0.05, 0) is 6.92 Å². The van der Waals surface area contributed by atoms with E-state index < -0.39 is 0 Å². The van der Waals surface area contributed by atoms with Crippen LogP contribution in [0.2, 0.25) is 0 Å². The van der Waals surface area contributed by atoms with Crippen molar-refractivity contribution in [3.8, 4) is 0 Å². The Kier molecular flexibility index (Phi) is 9.29. The first-order valence-electron chi connectivity index (χ1n) is 3.92. The molecule has 0 fully saturated rings. The Morgan fingerprint density at radius 1 is 1.18 bits per heavy atom. The van der Waals surface area contributed by atoms with E-state index in [4.69, 9.17) is 15.2 Å². The highest BCUT2D eigenvalue weighted by molar-refractivity contribution is 4.80. The van der Waals surface area contributed by atoms with E-state index in [2.05, 4.69) is 0 Å². The molecular formula is C8H17NO2. The lowest BCUT2D eigenvalue weighted by Gasteiger charge is -1.96. The lowest BCUT2D eigenvalue weighted by Crippen LogP contribution is -2.08. The van der Waals surface area contributed by atoms with Crippen LogP contribution >= 0.6 is 0 Å². The quantitative estimate of drug-likeness (QED) is 0.436. The smallest absolute Gasteiger partial charge is 0.0648 e. The summed E-state index contributed by atoms with van der Waals surface area (Å²) in [5.41, 5.74) is 5.22. The molecule has 0 saturated heterocycles. The molecule has 3 nitrogen and oxygen atoms in total. The lowest BCUT2D eigenvalue weighted by atomic mass is 10.5. The van der Waals surface area contributed by atoms with Gasteiger partial charge in [-0.1, -0.05) is 12.2 Å². The number of rotatable bonds is 7. The molecule has 0 aliphatic rings. The molecule has 0 heterocycles. The van der Waals surface area contributed by atoms with Crippen molar-refractivity contribution in [2.45, 2.75) is 6.92 Å². The largest absolute Gasteiger partial charge is 0.378 e. The Morgan fingerprint density at radius 2 is 1.82 bits per heavy atom. The summed E-state index contributed by atoms with van der Waals surface area (Å²) in [6.07, 6.45) is 3.88. The number of ether oxygens (including phenoxy) is 2. The van der Waals surface area contributed by atoms with Crippen LogP contribution in [0.15, 0.2) is 12.2 Å². The molecule has 0 amide bonds. The van der Waals surface area contributed by atoms with Crippen LogP contribution in [-0.4, -0.2) is 33.0 Å². The van der Waals surface area contributed by atoms with E-state index in [1.807, 2.05) is 19.1 Å². The van der Waals surface area contributed by atoms with Gasteiger partial charge in [0.1, 0.15) is 0 Å². The summed E-state index contributed by atoms with van der Waals surface area (Å²) in [6.45, 7) is 5.23. The van der Waals surface area contributed by atoms with Gasteiger partial charge in [0.15, 0.2) is 0 Å². The fraction of sp³-hybridized carbons (Fsp3) is 0.750. The summed E-state index contributed by atoms with van der Waals surface area (Å²) in [5, 5.41) is 0. The topological polar surface area (TPSA) is 44.5 Å². The van der Waals surface area contributed by atoms with E-state index in [1.54, 1.807) is 0 Å². The summed E-state index contributed by atoms with van der Waals surface area (Å²) in [6, 6.07) is 0. The zero-order chi connectivity index (χ0) is 8.36. The minimum atomic E-state index is 0.583. The van der Waals surface area contributed by atoms with Crippen molar-refractivity contribution in [1.82, 2.24) is 0 Å². The summed E-state index contributed by atoms with van der Waals surface area (Å²) in [5.74, 6) is 0. The molecule has 0 aromatic heterocycles. The molecule has 2 N–H and O–H groups in total. The minimum absolute atomic E-state index is 0.583. The molecular weight excluding hydrogens is 142 g/mol. The molecule has 0 rings (SSSR count). The highest BCUT2D eigenvalue weighted by Crippen LogP contribution is 1.79. The predicted octanol–water partition coefficient (Wildman–Crippen LogP) is 0.554. The molecule has 0 spiro atoms. The van der Waals surface area contributed by atoms with Crippen molar-refractivity contribution in [2.24, 2.45) is 5.73 Å². The van der Waals surface area contributed by atoms with E-state index in [-0.39, 0.29) is 0 Å². The minimum Gasteiger partial charge on any atom is -0.378 e. The zero-order valence-electron chi connectivity index (χ0n) is 7.08. The molecule has 0 saturated carbocycles. The van der Waals surface area contributed by atoms with Crippen molar-refractivity contribution in [3.63, 3.8) is 0 Å². The van der Waals surface area contributed by atoms with Gasteiger partial charge in [-0.2, -0.15) is 0 Å². The van der Waals surface area contributed by atoms with Crippen LogP contribution in [0.5, 0.6) is 0 Å². The highest BCUT2D eigenvalue weighted by atomic mass is 16.5. The maximum atomic E-state index is 5.22. The van der Waals surface area contributed by atoms with Crippen LogP contribution in [0.25, 0.3) is 0 Å². The van der Waals surface area contributed by atoms with Gasteiger partial charge in [0, 0.05) is 13.2 Å². The first kappa shape index (κ1) is 10.6. The van der Waals surface area contributed by atoms with Gasteiger partial charge in [0.25, 0.3) is 0 Å². The third-order valence-electron chi connectivity index (χ3n) is 1.06. The second kappa shape index (κ2) is 9.62. The first-order valence-corrected chi connectivity index (χ1v) is 3.92. The second-order valence-electron chi connectivity index (χ2n) is 1.99. The van der Waals surface area contributed by atoms with E-state index in [0.717, 1.165) is 6.61 Å². The van der Waals surface area contributed by atoms with Crippen molar-refractivity contribution in [2.75, 3.05) is 33.0 Å². The van der Waals surface area contributed by atoms with Gasteiger partial charge in [-0.3, -0.25) is 0 Å². The summed E-state index contributed by atoms with van der Waals surface area (Å²) in [7, 11) is 0. The van der Waals surface area contributed by atoms with Gasteiger partial charge in [-0.15, -0.1) is 0 Å². The number of nitrogens with two attached hydrogens (primary N) is 1. The summed E-state index contributed by atoms with van der Waals surface area (Å²) < 4.78 is 10.2. The van der Waals surface area contributed by atoms with Crippen molar-refractivity contribution in [3.05, 3.63) is 12.2 Å². The fourth-order valence-electron chi connectivity index (χ4n) is 0.557. The van der Waals surface area contributed by atoms with Crippen LogP contribution in [0.3, 0.4) is 0 Å². The van der Waals surface area contributed by atoms with E-state index in [1.165, 1.54) is 0 Å². The lowest BCUT2D eigenvalue weighted by molar-refractivity contribution is 0.164. The van der Waals surface area contributed by atoms with Crippen molar-refractivity contribution < 1.29 is 9.47 Å². The third-order valence-corrected chi connectivity index (χ3v) is 1.06. The molecule has 0 unspecified atom stereocenters. The van der Waals surface area contributed by atoms with Gasteiger partial charge in [-0.25, -0.2) is 0 Å². The molecule has 66 valence electrons. The molecule has 11 heavy (non-hydrogen) atoms. The average Bonchev–Trinajstić information content (AvgIpc) is 2.03. The zero-order valence-corrected chi connectivity index (χ0v) is 7.08. The SMILES string of the molecule is CCOC/C=C\COCCN. The second-order valence-corrected chi connectivity index (χ2v) is 1.99. The molecule has 0 aliphatic carbocycles. The molecule has 3 heteroatoms. The van der Waals surface area contributed by atoms with Crippen LogP contribution in [0, 0.1) is 0 Å². The summed E-state index contributed by atoms with van der Waals surface area (Å²) >= 11 is 0. The fourth-order valence-corrected chi connectivity index (χ4v) is 0.557. The molecule has 0 bridgehead atoms. The van der Waals surface area contributed by atoms with E-state index in [0.29, 0.717) is 26.4 Å². The van der Waals surface area contributed by atoms with Gasteiger partial charge < -0.3 is 15.2 Å². The standard InChI is InChI=1S/C8H17NO2/c1-2-10-6-3-4-7-11-8-5-9/h3-4H,2,5-9H2,1H3/b4-3-. The van der Waals surface area contributed by atoms with Crippen molar-refractivity contribution >= 4 is 0 Å². The van der Waals surface area contributed by atoms with E-state index >= 15 is 0 Å². The van der Waals surface area contributed by atoms with Crippen LogP contribution in [-0.2, 0) is 9.47 Å². The Hall–Kier alpha value is -0.380. The van der Waals surface area contributed by atoms with Crippen LogP contribution in [0.4, 0.5) is 0 Å². The van der Waals surface area contributed by atoms with E-state index in [9.17, 15) is 0 Å². The predicted molar refractivity (Wildman–Crippen MR) is 45.5 cm³/mol. The Morgan fingerprint density at radius 3 is 2.36 bits per heavy atom. The maximum absolute atomic E-state index is 5.22. The Balaban J connectivity index is 2.91. The van der Waals surface area contributed by atoms with Crippen LogP contribution < -0.4 is 5.73 Å². The molecule has 0 aromatic carbocycles. The highest BCUT2D eigenvalue weighted by Gasteiger charge is 1.79. The van der Waals surface area contributed by atoms with Gasteiger partial charge in [0.2, 0.25) is 0 Å². The van der Waals surface area contributed by atoms with Crippen molar-refractivity contribution in [1.29, 1.82) is 0 Å². The maximum Gasteiger partial charge on any atom is 0.0648 e. The Bertz CT molecular complexity index is 94.1. The monoisotopic (exact) mass is 159 g/mol. The third kappa shape index (κ3) is 9.62. The normalized spacial score (nSPS) is 11.1. The molecule has 0 radical (unpaired) electrons. The van der Waals surface area contributed by atoms with Crippen LogP contribution in [0.1, 0.15) is 6.92 Å². The number of hydrogen-bond donors (Lipinski definition) is 1. The Labute approximate surface area is 68.2 Å². The molecule has 0 atom stereocenters. The number of hydrogen-bond acceptors (Lipinski definition) is 3. The van der Waals surface area contributed by atoms with Gasteiger partial charge >= 0.3 is 0 Å². The first-order chi connectivity index (χ1) is 5.41. The molecule has 0 aliphatic heterocycles. The van der Waals surface area contributed by atoms with Gasteiger partial charge in [0.05, 0.1) is 19.8 Å².